The van der Waals surface area contributed by atoms with Crippen molar-refractivity contribution in [2.24, 2.45) is 0 Å². The molecule has 2 nitrogen and oxygen atoms in total. The fourth-order valence-electron chi connectivity index (χ4n) is 3.41. The SMILES string of the molecule is CC(C)c1ccc(Cn2c(Cc3ccccc3)nc3ccccc32)cc1. The van der Waals surface area contributed by atoms with E-state index in [1.165, 1.54) is 22.2 Å². The van der Waals surface area contributed by atoms with Crippen LogP contribution in [0.1, 0.15) is 42.3 Å². The predicted octanol–water partition coefficient (Wildman–Crippen LogP) is 5.80. The number of hydrogen-bond acceptors (Lipinski definition) is 1. The van der Waals surface area contributed by atoms with Crippen molar-refractivity contribution in [1.29, 1.82) is 0 Å². The fraction of sp³-hybridized carbons (Fsp3) is 0.208. The number of benzene rings is 3. The Morgan fingerprint density at radius 1 is 0.769 bits per heavy atom. The van der Waals surface area contributed by atoms with Gasteiger partial charge in [0, 0.05) is 13.0 Å². The lowest BCUT2D eigenvalue weighted by Gasteiger charge is -2.11. The summed E-state index contributed by atoms with van der Waals surface area (Å²) < 4.78 is 2.35. The number of imidazole rings is 1. The van der Waals surface area contributed by atoms with Crippen LogP contribution in [0.5, 0.6) is 0 Å². The summed E-state index contributed by atoms with van der Waals surface area (Å²) in [5, 5.41) is 0. The van der Waals surface area contributed by atoms with Crippen molar-refractivity contribution in [3.8, 4) is 0 Å². The summed E-state index contributed by atoms with van der Waals surface area (Å²) in [7, 11) is 0. The van der Waals surface area contributed by atoms with E-state index in [1.54, 1.807) is 0 Å². The van der Waals surface area contributed by atoms with Gasteiger partial charge in [-0.15, -0.1) is 0 Å². The number of hydrogen-bond donors (Lipinski definition) is 0. The highest BCUT2D eigenvalue weighted by molar-refractivity contribution is 5.76. The molecule has 0 saturated heterocycles. The zero-order valence-electron chi connectivity index (χ0n) is 15.4. The summed E-state index contributed by atoms with van der Waals surface area (Å²) in [5.74, 6) is 1.68. The summed E-state index contributed by atoms with van der Waals surface area (Å²) in [6.45, 7) is 5.31. The molecule has 130 valence electrons. The number of fused-ring (bicyclic) bond motifs is 1. The fourth-order valence-corrected chi connectivity index (χ4v) is 3.41. The van der Waals surface area contributed by atoms with Gasteiger partial charge in [-0.05, 0) is 34.7 Å². The largest absolute Gasteiger partial charge is 0.323 e. The van der Waals surface area contributed by atoms with Crippen LogP contribution in [0.15, 0.2) is 78.9 Å². The quantitative estimate of drug-likeness (QED) is 0.449. The number of nitrogens with zero attached hydrogens (tertiary/aromatic N) is 2. The van der Waals surface area contributed by atoms with E-state index in [-0.39, 0.29) is 0 Å². The molecule has 4 aromatic rings. The molecule has 2 heteroatoms. The van der Waals surface area contributed by atoms with E-state index in [4.69, 9.17) is 4.98 Å². The van der Waals surface area contributed by atoms with Crippen LogP contribution >= 0.6 is 0 Å². The van der Waals surface area contributed by atoms with Gasteiger partial charge < -0.3 is 4.57 Å². The minimum absolute atomic E-state index is 0.562. The van der Waals surface area contributed by atoms with Gasteiger partial charge in [0.2, 0.25) is 0 Å². The first kappa shape index (κ1) is 16.6. The maximum absolute atomic E-state index is 4.91. The zero-order valence-corrected chi connectivity index (χ0v) is 15.4. The van der Waals surface area contributed by atoms with Crippen molar-refractivity contribution >= 4 is 11.0 Å². The molecule has 1 aromatic heterocycles. The first-order chi connectivity index (χ1) is 12.7. The third kappa shape index (κ3) is 3.41. The average molecular weight is 340 g/mol. The number of para-hydroxylation sites is 2. The third-order valence-corrected chi connectivity index (χ3v) is 4.93. The van der Waals surface area contributed by atoms with Crippen molar-refractivity contribution in [3.63, 3.8) is 0 Å². The second-order valence-corrected chi connectivity index (χ2v) is 7.16. The summed E-state index contributed by atoms with van der Waals surface area (Å²) in [6.07, 6.45) is 0.847. The van der Waals surface area contributed by atoms with Crippen LogP contribution in [0, 0.1) is 0 Å². The van der Waals surface area contributed by atoms with E-state index >= 15 is 0 Å². The highest BCUT2D eigenvalue weighted by atomic mass is 15.1. The molecule has 0 N–H and O–H groups in total. The Bertz CT molecular complexity index is 996. The van der Waals surface area contributed by atoms with Gasteiger partial charge in [0.25, 0.3) is 0 Å². The molecule has 3 aromatic carbocycles. The Morgan fingerprint density at radius 3 is 2.19 bits per heavy atom. The van der Waals surface area contributed by atoms with Gasteiger partial charge in [0.05, 0.1) is 11.0 Å². The second kappa shape index (κ2) is 7.17. The van der Waals surface area contributed by atoms with E-state index in [1.807, 2.05) is 0 Å². The lowest BCUT2D eigenvalue weighted by molar-refractivity contribution is 0.761. The van der Waals surface area contributed by atoms with Gasteiger partial charge in [-0.3, -0.25) is 0 Å². The van der Waals surface area contributed by atoms with Gasteiger partial charge in [-0.1, -0.05) is 80.6 Å². The maximum atomic E-state index is 4.91. The van der Waals surface area contributed by atoms with E-state index < -0.39 is 0 Å². The molecule has 1 heterocycles. The molecule has 0 aliphatic heterocycles. The Kier molecular flexibility index (Phi) is 4.57. The highest BCUT2D eigenvalue weighted by Crippen LogP contribution is 2.21. The molecular formula is C24H24N2. The Morgan fingerprint density at radius 2 is 1.46 bits per heavy atom. The van der Waals surface area contributed by atoms with Crippen molar-refractivity contribution in [2.45, 2.75) is 32.7 Å². The molecule has 0 saturated carbocycles. The summed E-state index contributed by atoms with van der Waals surface area (Å²) >= 11 is 0. The van der Waals surface area contributed by atoms with Crippen LogP contribution in [-0.2, 0) is 13.0 Å². The molecule has 0 amide bonds. The number of rotatable bonds is 5. The zero-order chi connectivity index (χ0) is 17.9. The molecular weight excluding hydrogens is 316 g/mol. The molecule has 0 unspecified atom stereocenters. The Hall–Kier alpha value is -2.87. The van der Waals surface area contributed by atoms with E-state index in [2.05, 4.69) is 97.3 Å². The van der Waals surface area contributed by atoms with Crippen molar-refractivity contribution < 1.29 is 0 Å². The minimum atomic E-state index is 0.562. The predicted molar refractivity (Wildman–Crippen MR) is 109 cm³/mol. The Labute approximate surface area is 155 Å². The smallest absolute Gasteiger partial charge is 0.114 e. The second-order valence-electron chi connectivity index (χ2n) is 7.16. The molecule has 26 heavy (non-hydrogen) atoms. The van der Waals surface area contributed by atoms with E-state index in [0.29, 0.717) is 5.92 Å². The van der Waals surface area contributed by atoms with Gasteiger partial charge in [-0.25, -0.2) is 4.98 Å². The van der Waals surface area contributed by atoms with Crippen LogP contribution < -0.4 is 0 Å². The Balaban J connectivity index is 1.71. The van der Waals surface area contributed by atoms with Gasteiger partial charge in [0.15, 0.2) is 0 Å². The van der Waals surface area contributed by atoms with Crippen LogP contribution in [0.4, 0.5) is 0 Å². The monoisotopic (exact) mass is 340 g/mol. The molecule has 0 spiro atoms. The molecule has 0 atom stereocenters. The summed E-state index contributed by atoms with van der Waals surface area (Å²) in [5.41, 5.74) is 6.25. The van der Waals surface area contributed by atoms with Gasteiger partial charge >= 0.3 is 0 Å². The van der Waals surface area contributed by atoms with Gasteiger partial charge in [0.1, 0.15) is 5.82 Å². The van der Waals surface area contributed by atoms with Gasteiger partial charge in [-0.2, -0.15) is 0 Å². The summed E-state index contributed by atoms with van der Waals surface area (Å²) in [4.78, 5) is 4.91. The molecule has 0 aliphatic rings. The normalized spacial score (nSPS) is 11.3. The molecule has 0 bridgehead atoms. The number of aromatic nitrogens is 2. The first-order valence-corrected chi connectivity index (χ1v) is 9.27. The van der Waals surface area contributed by atoms with Crippen molar-refractivity contribution in [2.75, 3.05) is 0 Å². The third-order valence-electron chi connectivity index (χ3n) is 4.93. The standard InChI is InChI=1S/C24H24N2/c1-18(2)21-14-12-20(13-15-21)17-26-23-11-7-6-10-22(23)25-24(26)16-19-8-4-3-5-9-19/h3-15,18H,16-17H2,1-2H3. The maximum Gasteiger partial charge on any atom is 0.114 e. The van der Waals surface area contributed by atoms with E-state index in [9.17, 15) is 0 Å². The average Bonchev–Trinajstić information content (AvgIpc) is 3.00. The van der Waals surface area contributed by atoms with E-state index in [0.717, 1.165) is 24.3 Å². The molecule has 0 fully saturated rings. The van der Waals surface area contributed by atoms with Crippen LogP contribution in [-0.4, -0.2) is 9.55 Å². The first-order valence-electron chi connectivity index (χ1n) is 9.27. The molecule has 0 aliphatic carbocycles. The molecule has 4 rings (SSSR count). The topological polar surface area (TPSA) is 17.8 Å². The highest BCUT2D eigenvalue weighted by Gasteiger charge is 2.11. The van der Waals surface area contributed by atoms with Crippen molar-refractivity contribution in [1.82, 2.24) is 9.55 Å². The van der Waals surface area contributed by atoms with Crippen LogP contribution in [0.25, 0.3) is 11.0 Å². The molecule has 0 radical (unpaired) electrons. The lowest BCUT2D eigenvalue weighted by atomic mass is 10.0. The van der Waals surface area contributed by atoms with Crippen molar-refractivity contribution in [3.05, 3.63) is 101 Å². The summed E-state index contributed by atoms with van der Waals surface area (Å²) in [6, 6.07) is 28.0. The minimum Gasteiger partial charge on any atom is -0.323 e. The lowest BCUT2D eigenvalue weighted by Crippen LogP contribution is -2.06. The van der Waals surface area contributed by atoms with Crippen LogP contribution in [0.2, 0.25) is 0 Å². The van der Waals surface area contributed by atoms with Crippen LogP contribution in [0.3, 0.4) is 0 Å².